The first-order valence-electron chi connectivity index (χ1n) is 7.10. The lowest BCUT2D eigenvalue weighted by molar-refractivity contribution is 0.291. The van der Waals surface area contributed by atoms with Crippen molar-refractivity contribution < 1.29 is 4.74 Å². The second-order valence-electron chi connectivity index (χ2n) is 4.58. The van der Waals surface area contributed by atoms with Gasteiger partial charge in [0.05, 0.1) is 6.61 Å². The summed E-state index contributed by atoms with van der Waals surface area (Å²) in [6.07, 6.45) is 2.88. The predicted octanol–water partition coefficient (Wildman–Crippen LogP) is 3.36. The number of nitrogens with zero attached hydrogens (tertiary/aromatic N) is 3. The maximum Gasteiger partial charge on any atom is 0.322 e. The molecular formula is C15H19ClN4O. The van der Waals surface area contributed by atoms with Gasteiger partial charge in [-0.25, -0.2) is 0 Å². The molecule has 0 aliphatic carbocycles. The molecule has 0 unspecified atom stereocenters. The maximum atomic E-state index is 5.86. The van der Waals surface area contributed by atoms with Crippen molar-refractivity contribution in [2.24, 2.45) is 0 Å². The molecule has 1 heterocycles. The van der Waals surface area contributed by atoms with Crippen LogP contribution in [-0.4, -0.2) is 28.1 Å². The van der Waals surface area contributed by atoms with Gasteiger partial charge >= 0.3 is 6.01 Å². The number of rotatable bonds is 8. The zero-order chi connectivity index (χ0) is 14.9. The van der Waals surface area contributed by atoms with Crippen LogP contribution in [0.25, 0.3) is 0 Å². The Bertz CT molecular complexity index is 551. The summed E-state index contributed by atoms with van der Waals surface area (Å²) >= 11 is 5.86. The monoisotopic (exact) mass is 306 g/mol. The summed E-state index contributed by atoms with van der Waals surface area (Å²) in [6, 6.07) is 10.6. The molecule has 0 spiro atoms. The molecule has 1 aromatic heterocycles. The van der Waals surface area contributed by atoms with E-state index in [2.05, 4.69) is 32.4 Å². The van der Waals surface area contributed by atoms with E-state index < -0.39 is 0 Å². The smallest absolute Gasteiger partial charge is 0.322 e. The summed E-state index contributed by atoms with van der Waals surface area (Å²) in [5.74, 6) is 0.453. The number of aryl methyl sites for hydroxylation is 1. The van der Waals surface area contributed by atoms with Gasteiger partial charge in [0, 0.05) is 6.54 Å². The molecule has 1 aromatic carbocycles. The van der Waals surface area contributed by atoms with Crippen molar-refractivity contribution in [1.82, 2.24) is 15.0 Å². The number of hydrogen-bond donors (Lipinski definition) is 1. The van der Waals surface area contributed by atoms with Gasteiger partial charge in [-0.3, -0.25) is 0 Å². The minimum absolute atomic E-state index is 0.140. The molecule has 6 heteroatoms. The highest BCUT2D eigenvalue weighted by atomic mass is 35.5. The Balaban J connectivity index is 1.81. The molecule has 112 valence electrons. The van der Waals surface area contributed by atoms with Gasteiger partial charge in [-0.2, -0.15) is 15.0 Å². The lowest BCUT2D eigenvalue weighted by Gasteiger charge is -2.07. The molecule has 1 N–H and O–H groups in total. The Morgan fingerprint density at radius 2 is 1.95 bits per heavy atom. The Labute approximate surface area is 129 Å². The van der Waals surface area contributed by atoms with Gasteiger partial charge in [-0.1, -0.05) is 37.3 Å². The van der Waals surface area contributed by atoms with E-state index in [1.165, 1.54) is 5.56 Å². The van der Waals surface area contributed by atoms with Gasteiger partial charge in [0.25, 0.3) is 0 Å². The van der Waals surface area contributed by atoms with Crippen molar-refractivity contribution in [1.29, 1.82) is 0 Å². The Morgan fingerprint density at radius 1 is 1.14 bits per heavy atom. The quantitative estimate of drug-likeness (QED) is 0.758. The summed E-state index contributed by atoms with van der Waals surface area (Å²) in [4.78, 5) is 12.1. The van der Waals surface area contributed by atoms with Crippen molar-refractivity contribution >= 4 is 17.5 Å². The third kappa shape index (κ3) is 5.55. The van der Waals surface area contributed by atoms with E-state index >= 15 is 0 Å². The molecule has 0 aliphatic heterocycles. The first-order chi connectivity index (χ1) is 10.3. The number of halogens is 1. The second-order valence-corrected chi connectivity index (χ2v) is 4.91. The molecule has 0 bridgehead atoms. The fourth-order valence-electron chi connectivity index (χ4n) is 1.81. The second kappa shape index (κ2) is 8.42. The van der Waals surface area contributed by atoms with Crippen molar-refractivity contribution in [3.8, 4) is 6.01 Å². The lowest BCUT2D eigenvalue weighted by Crippen LogP contribution is -2.09. The van der Waals surface area contributed by atoms with E-state index in [4.69, 9.17) is 16.3 Å². The van der Waals surface area contributed by atoms with Gasteiger partial charge in [0.2, 0.25) is 11.2 Å². The zero-order valence-corrected chi connectivity index (χ0v) is 12.8. The molecule has 21 heavy (non-hydrogen) atoms. The first kappa shape index (κ1) is 15.5. The van der Waals surface area contributed by atoms with Gasteiger partial charge < -0.3 is 10.1 Å². The van der Waals surface area contributed by atoms with Crippen LogP contribution in [0.4, 0.5) is 5.95 Å². The van der Waals surface area contributed by atoms with E-state index in [0.29, 0.717) is 12.6 Å². The topological polar surface area (TPSA) is 59.9 Å². The molecule has 0 saturated carbocycles. The average molecular weight is 307 g/mol. The van der Waals surface area contributed by atoms with Crippen molar-refractivity contribution in [2.45, 2.75) is 26.2 Å². The SMILES string of the molecule is CCCOc1nc(Cl)nc(NCCCc2ccccc2)n1. The van der Waals surface area contributed by atoms with Crippen molar-refractivity contribution in [3.05, 3.63) is 41.2 Å². The summed E-state index contributed by atoms with van der Waals surface area (Å²) < 4.78 is 5.37. The Kier molecular flexibility index (Phi) is 6.22. The van der Waals surface area contributed by atoms with E-state index in [-0.39, 0.29) is 11.3 Å². The summed E-state index contributed by atoms with van der Waals surface area (Å²) in [5.41, 5.74) is 1.32. The highest BCUT2D eigenvalue weighted by molar-refractivity contribution is 6.28. The highest BCUT2D eigenvalue weighted by Gasteiger charge is 2.05. The predicted molar refractivity (Wildman–Crippen MR) is 83.9 cm³/mol. The van der Waals surface area contributed by atoms with Crippen LogP contribution in [0.3, 0.4) is 0 Å². The number of ether oxygens (including phenoxy) is 1. The largest absolute Gasteiger partial charge is 0.463 e. The fourth-order valence-corrected chi connectivity index (χ4v) is 1.96. The molecule has 2 rings (SSSR count). The molecule has 0 amide bonds. The van der Waals surface area contributed by atoms with Gasteiger partial charge in [0.15, 0.2) is 0 Å². The molecule has 2 aromatic rings. The zero-order valence-electron chi connectivity index (χ0n) is 12.1. The lowest BCUT2D eigenvalue weighted by atomic mass is 10.1. The minimum Gasteiger partial charge on any atom is -0.463 e. The standard InChI is InChI=1S/C15H19ClN4O/c1-2-11-21-15-19-13(16)18-14(20-15)17-10-6-9-12-7-4-3-5-8-12/h3-5,7-8H,2,6,9-11H2,1H3,(H,17,18,19,20). The van der Waals surface area contributed by atoms with Crippen LogP contribution in [0.5, 0.6) is 6.01 Å². The number of hydrogen-bond acceptors (Lipinski definition) is 5. The maximum absolute atomic E-state index is 5.86. The number of nitrogens with one attached hydrogen (secondary N) is 1. The Morgan fingerprint density at radius 3 is 2.71 bits per heavy atom. The van der Waals surface area contributed by atoms with Crippen LogP contribution in [0.15, 0.2) is 30.3 Å². The molecule has 0 aliphatic rings. The summed E-state index contributed by atoms with van der Waals surface area (Å²) in [5, 5.41) is 3.29. The van der Waals surface area contributed by atoms with Crippen LogP contribution >= 0.6 is 11.6 Å². The molecule has 0 fully saturated rings. The number of aromatic nitrogens is 3. The van der Waals surface area contributed by atoms with E-state index in [1.54, 1.807) is 0 Å². The molecular weight excluding hydrogens is 288 g/mol. The fraction of sp³-hybridized carbons (Fsp3) is 0.400. The molecule has 5 nitrogen and oxygen atoms in total. The van der Waals surface area contributed by atoms with Crippen LogP contribution in [-0.2, 0) is 6.42 Å². The van der Waals surface area contributed by atoms with Crippen molar-refractivity contribution in [3.63, 3.8) is 0 Å². The van der Waals surface area contributed by atoms with Crippen LogP contribution < -0.4 is 10.1 Å². The average Bonchev–Trinajstić information content (AvgIpc) is 2.50. The van der Waals surface area contributed by atoms with Crippen LogP contribution in [0.1, 0.15) is 25.3 Å². The molecule has 0 atom stereocenters. The third-order valence-corrected chi connectivity index (χ3v) is 2.96. The number of anilines is 1. The van der Waals surface area contributed by atoms with Crippen LogP contribution in [0, 0.1) is 0 Å². The molecule has 0 saturated heterocycles. The molecule has 0 radical (unpaired) electrons. The van der Waals surface area contributed by atoms with Crippen LogP contribution in [0.2, 0.25) is 5.28 Å². The van der Waals surface area contributed by atoms with Gasteiger partial charge in [-0.05, 0) is 36.4 Å². The Hall–Kier alpha value is -1.88. The van der Waals surface area contributed by atoms with Gasteiger partial charge in [-0.15, -0.1) is 0 Å². The minimum atomic E-state index is 0.140. The highest BCUT2D eigenvalue weighted by Crippen LogP contribution is 2.12. The normalized spacial score (nSPS) is 10.4. The first-order valence-corrected chi connectivity index (χ1v) is 7.48. The van der Waals surface area contributed by atoms with E-state index in [1.807, 2.05) is 25.1 Å². The third-order valence-electron chi connectivity index (χ3n) is 2.79. The van der Waals surface area contributed by atoms with Gasteiger partial charge in [0.1, 0.15) is 0 Å². The van der Waals surface area contributed by atoms with E-state index in [0.717, 1.165) is 25.8 Å². The summed E-state index contributed by atoms with van der Waals surface area (Å²) in [6.45, 7) is 3.35. The van der Waals surface area contributed by atoms with Crippen molar-refractivity contribution in [2.75, 3.05) is 18.5 Å². The van der Waals surface area contributed by atoms with E-state index in [9.17, 15) is 0 Å². The number of benzene rings is 1. The summed E-state index contributed by atoms with van der Waals surface area (Å²) in [7, 11) is 0.